The monoisotopic (exact) mass is 203 g/mol. The van der Waals surface area contributed by atoms with E-state index >= 15 is 0 Å². The van der Waals surface area contributed by atoms with E-state index in [4.69, 9.17) is 25.5 Å². The zero-order valence-corrected chi connectivity index (χ0v) is 7.67. The number of anilines is 1. The lowest BCUT2D eigenvalue weighted by atomic mass is 10.3. The predicted molar refractivity (Wildman–Crippen MR) is 48.7 cm³/mol. The molecule has 0 aromatic carbocycles. The highest BCUT2D eigenvalue weighted by atomic mass is 32.1. The molecule has 0 saturated heterocycles. The van der Waals surface area contributed by atoms with E-state index in [9.17, 15) is 0 Å². The number of nitrogens with two attached hydrogens (primary N) is 1. The van der Waals surface area contributed by atoms with Crippen molar-refractivity contribution in [3.8, 4) is 0 Å². The van der Waals surface area contributed by atoms with Crippen LogP contribution in [-0.2, 0) is 9.59 Å². The van der Waals surface area contributed by atoms with Crippen molar-refractivity contribution >= 4 is 29.0 Å². The van der Waals surface area contributed by atoms with Gasteiger partial charge in [0.25, 0.3) is 0 Å². The molecular formula is C7H9NO4S. The van der Waals surface area contributed by atoms with Gasteiger partial charge >= 0.3 is 11.9 Å². The van der Waals surface area contributed by atoms with E-state index in [1.807, 2.05) is 17.7 Å². The highest BCUT2D eigenvalue weighted by Gasteiger charge is 2.04. The lowest BCUT2D eigenvalue weighted by molar-refractivity contribution is -0.159. The molecule has 1 aromatic heterocycles. The van der Waals surface area contributed by atoms with Crippen LogP contribution in [0.5, 0.6) is 0 Å². The molecule has 1 heterocycles. The van der Waals surface area contributed by atoms with Gasteiger partial charge in [0.15, 0.2) is 0 Å². The summed E-state index contributed by atoms with van der Waals surface area (Å²) in [6, 6.07) is 0. The smallest absolute Gasteiger partial charge is 0.414 e. The standard InChI is InChI=1S/C5H7NS.C2H2O4/c1-4-2-7-3-5(4)6;3-1(4)2(5)6/h2-3H,6H2,1H3;(H,3,4)(H,5,6). The number of rotatable bonds is 0. The van der Waals surface area contributed by atoms with Crippen molar-refractivity contribution in [3.05, 3.63) is 16.3 Å². The van der Waals surface area contributed by atoms with Crippen LogP contribution >= 0.6 is 11.3 Å². The fourth-order valence-corrected chi connectivity index (χ4v) is 1.11. The van der Waals surface area contributed by atoms with Gasteiger partial charge in [-0.05, 0) is 17.9 Å². The van der Waals surface area contributed by atoms with Crippen molar-refractivity contribution < 1.29 is 19.8 Å². The summed E-state index contributed by atoms with van der Waals surface area (Å²) in [7, 11) is 0. The first kappa shape index (κ1) is 11.4. The number of aryl methyl sites for hydroxylation is 1. The van der Waals surface area contributed by atoms with Crippen LogP contribution in [0, 0.1) is 6.92 Å². The van der Waals surface area contributed by atoms with E-state index in [0.29, 0.717) is 0 Å². The summed E-state index contributed by atoms with van der Waals surface area (Å²) in [5, 5.41) is 18.8. The molecule has 0 aliphatic rings. The SMILES string of the molecule is Cc1cscc1N.O=C(O)C(=O)O. The highest BCUT2D eigenvalue weighted by molar-refractivity contribution is 7.08. The molecule has 0 spiro atoms. The lowest BCUT2D eigenvalue weighted by Crippen LogP contribution is -2.09. The van der Waals surface area contributed by atoms with Crippen LogP contribution in [0.15, 0.2) is 10.8 Å². The maximum Gasteiger partial charge on any atom is 0.414 e. The number of aliphatic carboxylic acids is 2. The molecule has 0 unspecified atom stereocenters. The van der Waals surface area contributed by atoms with Crippen LogP contribution in [0.25, 0.3) is 0 Å². The summed E-state index contributed by atoms with van der Waals surface area (Å²) in [5.41, 5.74) is 7.54. The second-order valence-corrected chi connectivity index (χ2v) is 2.86. The summed E-state index contributed by atoms with van der Waals surface area (Å²) in [6.07, 6.45) is 0. The average molecular weight is 203 g/mol. The Labute approximate surface area is 78.4 Å². The predicted octanol–water partition coefficient (Wildman–Crippen LogP) is 0.794. The van der Waals surface area contributed by atoms with Crippen molar-refractivity contribution in [1.82, 2.24) is 0 Å². The molecular weight excluding hydrogens is 194 g/mol. The van der Waals surface area contributed by atoms with Gasteiger partial charge in [0, 0.05) is 11.1 Å². The topological polar surface area (TPSA) is 101 Å². The van der Waals surface area contributed by atoms with Gasteiger partial charge in [0.1, 0.15) is 0 Å². The van der Waals surface area contributed by atoms with Gasteiger partial charge in [-0.2, -0.15) is 0 Å². The Morgan fingerprint density at radius 1 is 1.31 bits per heavy atom. The Bertz CT molecular complexity index is 279. The molecule has 0 aliphatic carbocycles. The first-order valence-electron chi connectivity index (χ1n) is 3.19. The number of carboxylic acid groups (broad SMARTS) is 2. The maximum absolute atomic E-state index is 9.10. The van der Waals surface area contributed by atoms with Gasteiger partial charge < -0.3 is 15.9 Å². The largest absolute Gasteiger partial charge is 0.473 e. The lowest BCUT2D eigenvalue weighted by Gasteiger charge is -1.81. The maximum atomic E-state index is 9.10. The Balaban J connectivity index is 0.000000226. The Morgan fingerprint density at radius 2 is 1.77 bits per heavy atom. The molecule has 0 saturated carbocycles. The third-order valence-corrected chi connectivity index (χ3v) is 1.96. The van der Waals surface area contributed by atoms with Crippen LogP contribution in [0.2, 0.25) is 0 Å². The molecule has 72 valence electrons. The molecule has 0 atom stereocenters. The summed E-state index contributed by atoms with van der Waals surface area (Å²) in [4.78, 5) is 18.2. The van der Waals surface area contributed by atoms with Crippen LogP contribution in [0.1, 0.15) is 5.56 Å². The quantitative estimate of drug-likeness (QED) is 0.541. The minimum absolute atomic E-state index is 0.907. The summed E-state index contributed by atoms with van der Waals surface area (Å²) < 4.78 is 0. The molecule has 1 rings (SSSR count). The summed E-state index contributed by atoms with van der Waals surface area (Å²) in [5.74, 6) is -3.65. The van der Waals surface area contributed by atoms with Crippen LogP contribution in [0.3, 0.4) is 0 Å². The normalized spacial score (nSPS) is 8.38. The van der Waals surface area contributed by atoms with Crippen LogP contribution in [-0.4, -0.2) is 22.2 Å². The molecule has 0 radical (unpaired) electrons. The van der Waals surface area contributed by atoms with Gasteiger partial charge in [-0.25, -0.2) is 9.59 Å². The molecule has 5 nitrogen and oxygen atoms in total. The fraction of sp³-hybridized carbons (Fsp3) is 0.143. The third kappa shape index (κ3) is 4.81. The van der Waals surface area contributed by atoms with Crippen molar-refractivity contribution in [2.45, 2.75) is 6.92 Å². The van der Waals surface area contributed by atoms with Gasteiger partial charge in [-0.3, -0.25) is 0 Å². The number of carboxylic acids is 2. The Hall–Kier alpha value is -1.56. The molecule has 0 bridgehead atoms. The summed E-state index contributed by atoms with van der Waals surface area (Å²) in [6.45, 7) is 2.01. The third-order valence-electron chi connectivity index (χ3n) is 1.08. The zero-order chi connectivity index (χ0) is 10.4. The Kier molecular flexibility index (Phi) is 4.53. The number of thiophene rings is 1. The number of nitrogen functional groups attached to an aromatic ring is 1. The van der Waals surface area contributed by atoms with Gasteiger partial charge in [0.2, 0.25) is 0 Å². The molecule has 13 heavy (non-hydrogen) atoms. The zero-order valence-electron chi connectivity index (χ0n) is 6.85. The number of hydrogen-bond donors (Lipinski definition) is 3. The van der Waals surface area contributed by atoms with E-state index in [2.05, 4.69) is 0 Å². The van der Waals surface area contributed by atoms with Crippen LogP contribution in [0.4, 0.5) is 5.69 Å². The first-order chi connectivity index (χ1) is 5.95. The first-order valence-corrected chi connectivity index (χ1v) is 4.14. The molecule has 0 fully saturated rings. The van der Waals surface area contributed by atoms with Crippen molar-refractivity contribution in [2.24, 2.45) is 0 Å². The van der Waals surface area contributed by atoms with E-state index in [0.717, 1.165) is 5.69 Å². The molecule has 1 aromatic rings. The average Bonchev–Trinajstić information content (AvgIpc) is 2.37. The number of hydrogen-bond acceptors (Lipinski definition) is 4. The minimum atomic E-state index is -1.82. The van der Waals surface area contributed by atoms with Crippen LogP contribution < -0.4 is 5.73 Å². The second-order valence-electron chi connectivity index (χ2n) is 2.12. The van der Waals surface area contributed by atoms with E-state index in [1.54, 1.807) is 11.3 Å². The van der Waals surface area contributed by atoms with E-state index in [1.165, 1.54) is 5.56 Å². The molecule has 0 amide bonds. The molecule has 4 N–H and O–H groups in total. The van der Waals surface area contributed by atoms with E-state index in [-0.39, 0.29) is 0 Å². The minimum Gasteiger partial charge on any atom is -0.473 e. The van der Waals surface area contributed by atoms with Gasteiger partial charge in [0.05, 0.1) is 0 Å². The highest BCUT2D eigenvalue weighted by Crippen LogP contribution is 2.14. The fourth-order valence-electron chi connectivity index (χ4n) is 0.370. The molecule has 0 aliphatic heterocycles. The van der Waals surface area contributed by atoms with E-state index < -0.39 is 11.9 Å². The molecule has 6 heteroatoms. The van der Waals surface area contributed by atoms with Gasteiger partial charge in [-0.1, -0.05) is 0 Å². The second kappa shape index (κ2) is 5.15. The van der Waals surface area contributed by atoms with Crippen molar-refractivity contribution in [2.75, 3.05) is 5.73 Å². The summed E-state index contributed by atoms with van der Waals surface area (Å²) >= 11 is 1.64. The van der Waals surface area contributed by atoms with Crippen molar-refractivity contribution in [3.63, 3.8) is 0 Å². The Morgan fingerprint density at radius 3 is 1.85 bits per heavy atom. The van der Waals surface area contributed by atoms with Gasteiger partial charge in [-0.15, -0.1) is 11.3 Å². The van der Waals surface area contributed by atoms with Crippen molar-refractivity contribution in [1.29, 1.82) is 0 Å². The number of carbonyl (C=O) groups is 2.